The summed E-state index contributed by atoms with van der Waals surface area (Å²) in [5.74, 6) is 0.162. The van der Waals surface area contributed by atoms with Gasteiger partial charge in [-0.2, -0.15) is 10.2 Å². The third-order valence-electron chi connectivity index (χ3n) is 7.84. The molecule has 2 amide bonds. The molecule has 2 aromatic heterocycles. The number of carbonyl (C=O) groups excluding carboxylic acids is 2. The van der Waals surface area contributed by atoms with Gasteiger partial charge in [0, 0.05) is 23.1 Å². The summed E-state index contributed by atoms with van der Waals surface area (Å²) in [6.45, 7) is 4.98. The molecule has 2 saturated carbocycles. The van der Waals surface area contributed by atoms with Gasteiger partial charge in [0.2, 0.25) is 5.91 Å². The molecular weight excluding hydrogens is 563 g/mol. The first kappa shape index (κ1) is 30.1. The van der Waals surface area contributed by atoms with Gasteiger partial charge in [-0.15, -0.1) is 0 Å². The Morgan fingerprint density at radius 3 is 2.29 bits per heavy atom. The van der Waals surface area contributed by atoms with Gasteiger partial charge in [-0.1, -0.05) is 12.1 Å². The highest BCUT2D eigenvalue weighted by Gasteiger charge is 2.48. The fourth-order valence-electron chi connectivity index (χ4n) is 5.68. The average Bonchev–Trinajstić information content (AvgIpc) is 3.85. The lowest BCUT2D eigenvalue weighted by Crippen LogP contribution is -2.50. The number of nitrogens with one attached hydrogen (secondary N) is 2. The molecule has 2 atom stereocenters. The monoisotopic (exact) mass is 600 g/mol. The van der Waals surface area contributed by atoms with Gasteiger partial charge in [0.25, 0.3) is 5.91 Å². The van der Waals surface area contributed by atoms with Gasteiger partial charge in [0.1, 0.15) is 11.7 Å². The molecule has 5 rings (SSSR count). The first-order valence-corrected chi connectivity index (χ1v) is 15.6. The van der Waals surface area contributed by atoms with Crippen molar-refractivity contribution in [3.8, 4) is 11.1 Å². The number of phosphoric ester groups is 1. The van der Waals surface area contributed by atoms with E-state index < -0.39 is 25.9 Å². The van der Waals surface area contributed by atoms with E-state index in [0.717, 1.165) is 36.8 Å². The number of anilines is 1. The number of amides is 2. The molecule has 3 aromatic rings. The molecule has 0 saturated heterocycles. The van der Waals surface area contributed by atoms with Crippen molar-refractivity contribution in [2.24, 2.45) is 17.8 Å². The molecule has 0 bridgehead atoms. The topological polar surface area (TPSA) is 181 Å². The van der Waals surface area contributed by atoms with Crippen molar-refractivity contribution >= 4 is 25.3 Å². The molecule has 2 heterocycles. The van der Waals surface area contributed by atoms with E-state index in [1.54, 1.807) is 39.0 Å². The van der Waals surface area contributed by atoms with Crippen molar-refractivity contribution in [1.29, 1.82) is 0 Å². The maximum atomic E-state index is 13.7. The summed E-state index contributed by atoms with van der Waals surface area (Å²) in [6.07, 6.45) is 4.99. The van der Waals surface area contributed by atoms with Gasteiger partial charge < -0.3 is 25.5 Å². The Morgan fingerprint density at radius 2 is 1.71 bits per heavy atom. The van der Waals surface area contributed by atoms with E-state index in [0.29, 0.717) is 34.6 Å². The first-order chi connectivity index (χ1) is 19.9. The zero-order valence-corrected chi connectivity index (χ0v) is 24.7. The molecule has 1 aromatic carbocycles. The zero-order chi connectivity index (χ0) is 30.2. The fourth-order valence-corrected chi connectivity index (χ4v) is 5.93. The fraction of sp³-hybridized carbons (Fsp3) is 0.500. The van der Waals surface area contributed by atoms with Crippen LogP contribution in [0.1, 0.15) is 54.5 Å². The van der Waals surface area contributed by atoms with Crippen LogP contribution in [0.5, 0.6) is 0 Å². The van der Waals surface area contributed by atoms with Gasteiger partial charge in [0.15, 0.2) is 6.73 Å². The maximum Gasteiger partial charge on any atom is 0.471 e. The first-order valence-electron chi connectivity index (χ1n) is 14.1. The third kappa shape index (κ3) is 7.16. The molecule has 0 radical (unpaired) electrons. The van der Waals surface area contributed by atoms with Gasteiger partial charge >= 0.3 is 7.82 Å². The number of carbonyl (C=O) groups is 2. The highest BCUT2D eigenvalue weighted by Crippen LogP contribution is 2.51. The van der Waals surface area contributed by atoms with Gasteiger partial charge in [-0.25, -0.2) is 9.25 Å². The summed E-state index contributed by atoms with van der Waals surface area (Å²) >= 11 is 0. The summed E-state index contributed by atoms with van der Waals surface area (Å²) in [5.41, 5.74) is 3.81. The van der Waals surface area contributed by atoms with E-state index in [9.17, 15) is 19.3 Å². The Morgan fingerprint density at radius 1 is 1.07 bits per heavy atom. The van der Waals surface area contributed by atoms with Crippen LogP contribution in [0.2, 0.25) is 0 Å². The molecule has 0 aliphatic heterocycles. The van der Waals surface area contributed by atoms with Crippen molar-refractivity contribution in [2.75, 3.05) is 5.32 Å². The quantitative estimate of drug-likeness (QED) is 0.184. The second kappa shape index (κ2) is 12.1. The summed E-state index contributed by atoms with van der Waals surface area (Å²) in [4.78, 5) is 45.1. The molecule has 226 valence electrons. The zero-order valence-electron chi connectivity index (χ0n) is 23.8. The van der Waals surface area contributed by atoms with Crippen molar-refractivity contribution in [2.45, 2.75) is 71.9 Å². The van der Waals surface area contributed by atoms with Gasteiger partial charge in [0.05, 0.1) is 18.3 Å². The molecule has 14 heteroatoms. The highest BCUT2D eigenvalue weighted by molar-refractivity contribution is 7.46. The van der Waals surface area contributed by atoms with Crippen molar-refractivity contribution in [3.05, 3.63) is 53.6 Å². The number of hydrogen-bond donors (Lipinski definition) is 5. The Balaban J connectivity index is 1.33. The second-order valence-corrected chi connectivity index (χ2v) is 12.6. The lowest BCUT2D eigenvalue weighted by molar-refractivity contribution is -0.119. The molecule has 2 aliphatic rings. The second-order valence-electron chi connectivity index (χ2n) is 11.3. The summed E-state index contributed by atoms with van der Waals surface area (Å²) in [5, 5.41) is 24.3. The Labute approximate surface area is 243 Å². The van der Waals surface area contributed by atoms with Crippen LogP contribution in [0.4, 0.5) is 5.69 Å². The highest BCUT2D eigenvalue weighted by atomic mass is 31.2. The predicted molar refractivity (Wildman–Crippen MR) is 153 cm³/mol. The molecule has 13 nitrogen and oxygen atoms in total. The number of phosphoric acid groups is 1. The van der Waals surface area contributed by atoms with E-state index in [4.69, 9.17) is 9.79 Å². The van der Waals surface area contributed by atoms with E-state index in [1.807, 2.05) is 12.1 Å². The lowest BCUT2D eigenvalue weighted by Gasteiger charge is -2.27. The molecule has 42 heavy (non-hydrogen) atoms. The Bertz CT molecular complexity index is 1470. The van der Waals surface area contributed by atoms with E-state index in [1.165, 1.54) is 15.6 Å². The van der Waals surface area contributed by atoms with Gasteiger partial charge in [-0.05, 0) is 88.0 Å². The Kier molecular flexibility index (Phi) is 8.68. The standard InChI is InChI=1S/C28H37N6O7P/c1-16(35)14-33-23(12-13-29-33)27(36)31-26(25(20-4-5-20)21-6-7-21)28(37)30-22-10-8-19(9-11-22)24-17(2)32-34(18(24)3)15-41-42(38,39)40/h8-13,16,20-21,25-26,35H,4-7,14-15H2,1-3H3,(H,30,37)(H,31,36)(H2,38,39,40)/t16?,26-/m0/s1. The minimum Gasteiger partial charge on any atom is -0.391 e. The largest absolute Gasteiger partial charge is 0.471 e. The molecule has 2 fully saturated rings. The van der Waals surface area contributed by atoms with E-state index in [2.05, 4.69) is 25.4 Å². The van der Waals surface area contributed by atoms with E-state index in [-0.39, 0.29) is 25.1 Å². The molecule has 2 aliphatic carbocycles. The average molecular weight is 601 g/mol. The number of aliphatic hydroxyl groups excluding tert-OH is 1. The number of aromatic nitrogens is 4. The number of rotatable bonds is 13. The van der Waals surface area contributed by atoms with Crippen LogP contribution in [0.25, 0.3) is 11.1 Å². The predicted octanol–water partition coefficient (Wildman–Crippen LogP) is 2.98. The van der Waals surface area contributed by atoms with Crippen molar-refractivity contribution < 1.29 is 33.6 Å². The third-order valence-corrected chi connectivity index (χ3v) is 8.30. The minimum absolute atomic E-state index is 0.0489. The maximum absolute atomic E-state index is 13.7. The van der Waals surface area contributed by atoms with Crippen LogP contribution in [-0.2, 0) is 27.2 Å². The van der Waals surface area contributed by atoms with Crippen molar-refractivity contribution in [1.82, 2.24) is 24.9 Å². The molecule has 0 spiro atoms. The van der Waals surface area contributed by atoms with Crippen LogP contribution in [0.15, 0.2) is 36.5 Å². The summed E-state index contributed by atoms with van der Waals surface area (Å²) in [7, 11) is -4.64. The number of nitrogens with zero attached hydrogens (tertiary/aromatic N) is 4. The van der Waals surface area contributed by atoms with Crippen LogP contribution in [-0.4, -0.2) is 58.4 Å². The number of aryl methyl sites for hydroxylation is 1. The summed E-state index contributed by atoms with van der Waals surface area (Å²) < 4.78 is 18.5. The van der Waals surface area contributed by atoms with Crippen molar-refractivity contribution in [3.63, 3.8) is 0 Å². The van der Waals surface area contributed by atoms with Crippen LogP contribution in [0.3, 0.4) is 0 Å². The summed E-state index contributed by atoms with van der Waals surface area (Å²) in [6, 6.07) is 8.08. The van der Waals surface area contributed by atoms with Crippen LogP contribution in [0, 0.1) is 31.6 Å². The Hall–Kier alpha value is -3.35. The molecule has 1 unspecified atom stereocenters. The SMILES string of the molecule is Cc1nn(COP(=O)(O)O)c(C)c1-c1ccc(NC(=O)[C@@H](NC(=O)c2ccnn2CC(C)O)C(C2CC2)C2CC2)cc1. The number of hydrogen-bond acceptors (Lipinski definition) is 7. The smallest absolute Gasteiger partial charge is 0.391 e. The minimum atomic E-state index is -4.64. The normalized spacial score (nSPS) is 16.8. The molecular formula is C28H37N6O7P. The number of aliphatic hydroxyl groups is 1. The molecule has 5 N–H and O–H groups in total. The number of benzene rings is 1. The lowest BCUT2D eigenvalue weighted by atomic mass is 9.88. The van der Waals surface area contributed by atoms with Gasteiger partial charge in [-0.3, -0.25) is 18.8 Å². The van der Waals surface area contributed by atoms with E-state index >= 15 is 0 Å². The van der Waals surface area contributed by atoms with Crippen LogP contribution >= 0.6 is 7.82 Å². The van der Waals surface area contributed by atoms with Crippen LogP contribution < -0.4 is 10.6 Å².